The van der Waals surface area contributed by atoms with E-state index in [4.69, 9.17) is 9.47 Å². The summed E-state index contributed by atoms with van der Waals surface area (Å²) < 4.78 is 10.9. The average molecular weight is 401 g/mol. The largest absolute Gasteiger partial charge is 0.467 e. The summed E-state index contributed by atoms with van der Waals surface area (Å²) in [5.74, 6) is -0.450. The van der Waals surface area contributed by atoms with Gasteiger partial charge in [0.15, 0.2) is 0 Å². The van der Waals surface area contributed by atoms with Gasteiger partial charge in [0.1, 0.15) is 11.1 Å². The fourth-order valence-corrected chi connectivity index (χ4v) is 4.81. The van der Waals surface area contributed by atoms with Crippen molar-refractivity contribution in [3.05, 3.63) is 48.6 Å². The minimum atomic E-state index is -1.01. The summed E-state index contributed by atoms with van der Waals surface area (Å²) in [7, 11) is 1.39. The van der Waals surface area contributed by atoms with E-state index in [1.54, 1.807) is 4.90 Å². The molecule has 2 aliphatic rings. The Morgan fingerprint density at radius 1 is 1.28 bits per heavy atom. The second-order valence-corrected chi connectivity index (χ2v) is 8.91. The first-order chi connectivity index (χ1) is 13.7. The Bertz CT molecular complexity index is 758. The molecule has 2 saturated heterocycles. The number of carbonyl (C=O) groups excluding carboxylic acids is 2. The highest BCUT2D eigenvalue weighted by Gasteiger charge is 2.64. The number of ether oxygens (including phenoxy) is 2. The molecule has 0 N–H and O–H groups in total. The van der Waals surface area contributed by atoms with Crippen LogP contribution in [0, 0.1) is 5.92 Å². The van der Waals surface area contributed by atoms with E-state index < -0.39 is 17.2 Å². The Morgan fingerprint density at radius 3 is 2.55 bits per heavy atom. The number of nitrogens with zero attached hydrogens (tertiary/aromatic N) is 2. The molecule has 3 unspecified atom stereocenters. The summed E-state index contributed by atoms with van der Waals surface area (Å²) in [5, 5.41) is 0. The van der Waals surface area contributed by atoms with Crippen LogP contribution in [-0.4, -0.2) is 59.2 Å². The zero-order chi connectivity index (χ0) is 21.2. The third-order valence-electron chi connectivity index (χ3n) is 5.98. The van der Waals surface area contributed by atoms with E-state index in [1.165, 1.54) is 12.7 Å². The van der Waals surface area contributed by atoms with Crippen LogP contribution in [0.2, 0.25) is 0 Å². The lowest BCUT2D eigenvalue weighted by molar-refractivity contribution is -0.158. The van der Waals surface area contributed by atoms with E-state index in [-0.39, 0.29) is 17.9 Å². The van der Waals surface area contributed by atoms with Crippen LogP contribution in [-0.2, 0) is 20.8 Å². The van der Waals surface area contributed by atoms with E-state index in [0.29, 0.717) is 25.9 Å². The Balaban J connectivity index is 1.96. The van der Waals surface area contributed by atoms with Gasteiger partial charge in [-0.3, -0.25) is 9.80 Å². The summed E-state index contributed by atoms with van der Waals surface area (Å²) in [6.45, 7) is 11.3. The minimum Gasteiger partial charge on any atom is -0.467 e. The van der Waals surface area contributed by atoms with Crippen molar-refractivity contribution in [1.29, 1.82) is 0 Å². The van der Waals surface area contributed by atoms with Crippen LogP contribution >= 0.6 is 0 Å². The topological polar surface area (TPSA) is 59.1 Å². The summed E-state index contributed by atoms with van der Waals surface area (Å²) >= 11 is 0. The molecule has 3 rings (SSSR count). The molecule has 6 heteroatoms. The molecule has 1 aromatic rings. The summed E-state index contributed by atoms with van der Waals surface area (Å²) in [5.41, 5.74) is -0.433. The maximum absolute atomic E-state index is 13.1. The molecule has 0 aliphatic carbocycles. The normalized spacial score (nSPS) is 26.8. The molecule has 2 bridgehead atoms. The molecule has 1 amide bonds. The minimum absolute atomic E-state index is 0.0357. The van der Waals surface area contributed by atoms with Crippen molar-refractivity contribution in [2.75, 3.05) is 20.2 Å². The fourth-order valence-electron chi connectivity index (χ4n) is 4.81. The van der Waals surface area contributed by atoms with Gasteiger partial charge >= 0.3 is 12.1 Å². The molecule has 1 aromatic carbocycles. The number of fused-ring (bicyclic) bond motifs is 2. The van der Waals surface area contributed by atoms with Gasteiger partial charge < -0.3 is 9.47 Å². The molecule has 3 atom stereocenters. The highest BCUT2D eigenvalue weighted by Crippen LogP contribution is 2.47. The third-order valence-corrected chi connectivity index (χ3v) is 5.98. The molecule has 0 saturated carbocycles. The first-order valence-corrected chi connectivity index (χ1v) is 10.2. The number of esters is 1. The number of methoxy groups -OCH3 is 1. The second kappa shape index (κ2) is 8.19. The van der Waals surface area contributed by atoms with Crippen LogP contribution in [0.15, 0.2) is 43.0 Å². The molecule has 2 fully saturated rings. The maximum atomic E-state index is 13.1. The van der Waals surface area contributed by atoms with Crippen molar-refractivity contribution in [3.63, 3.8) is 0 Å². The van der Waals surface area contributed by atoms with Gasteiger partial charge in [-0.15, -0.1) is 6.58 Å². The fraction of sp³-hybridized carbons (Fsp3) is 0.565. The van der Waals surface area contributed by atoms with Gasteiger partial charge in [0, 0.05) is 31.6 Å². The maximum Gasteiger partial charge on any atom is 0.411 e. The number of amides is 1. The summed E-state index contributed by atoms with van der Waals surface area (Å²) in [6, 6.07) is 10.3. The number of rotatable bonds is 5. The van der Waals surface area contributed by atoms with Crippen LogP contribution in [0.5, 0.6) is 0 Å². The quantitative estimate of drug-likeness (QED) is 0.558. The molecular weight excluding hydrogens is 368 g/mol. The number of hydrogen-bond donors (Lipinski definition) is 0. The Labute approximate surface area is 173 Å². The predicted molar refractivity (Wildman–Crippen MR) is 111 cm³/mol. The summed E-state index contributed by atoms with van der Waals surface area (Å²) in [4.78, 5) is 30.1. The van der Waals surface area contributed by atoms with E-state index in [2.05, 4.69) is 23.6 Å². The highest BCUT2D eigenvalue weighted by atomic mass is 16.6. The molecule has 0 spiro atoms. The molecular formula is C23H32N2O4. The average Bonchev–Trinajstić information content (AvgIpc) is 2.89. The van der Waals surface area contributed by atoms with Crippen LogP contribution < -0.4 is 0 Å². The van der Waals surface area contributed by atoms with Gasteiger partial charge in [-0.1, -0.05) is 36.4 Å². The predicted octanol–water partition coefficient (Wildman–Crippen LogP) is 3.62. The van der Waals surface area contributed by atoms with Gasteiger partial charge in [0.05, 0.1) is 7.11 Å². The van der Waals surface area contributed by atoms with Gasteiger partial charge in [-0.05, 0) is 39.2 Å². The lowest BCUT2D eigenvalue weighted by Gasteiger charge is -2.45. The Hall–Kier alpha value is -2.34. The molecule has 0 radical (unpaired) electrons. The van der Waals surface area contributed by atoms with Crippen molar-refractivity contribution in [2.45, 2.75) is 57.3 Å². The van der Waals surface area contributed by atoms with Gasteiger partial charge in [0.2, 0.25) is 0 Å². The van der Waals surface area contributed by atoms with Crippen molar-refractivity contribution in [2.24, 2.45) is 5.92 Å². The van der Waals surface area contributed by atoms with E-state index >= 15 is 0 Å². The number of benzene rings is 1. The van der Waals surface area contributed by atoms with Gasteiger partial charge in [-0.2, -0.15) is 0 Å². The number of allylic oxidation sites excluding steroid dienone is 1. The molecule has 158 valence electrons. The standard InChI is InChI=1S/C23H32N2O4/c1-6-10-18-19-16-25(21(27)29-22(2,3)4)23(18,20(26)28-5)13-14-24(19)15-17-11-8-7-9-12-17/h6-9,11-12,18-19H,1,10,13-16H2,2-5H3. The number of piperidine rings is 1. The summed E-state index contributed by atoms with van der Waals surface area (Å²) in [6.07, 6.45) is 2.52. The first kappa shape index (κ1) is 21.4. The first-order valence-electron chi connectivity index (χ1n) is 10.2. The zero-order valence-corrected chi connectivity index (χ0v) is 17.9. The van der Waals surface area contributed by atoms with Crippen molar-refractivity contribution in [1.82, 2.24) is 9.80 Å². The van der Waals surface area contributed by atoms with Crippen LogP contribution in [0.3, 0.4) is 0 Å². The van der Waals surface area contributed by atoms with E-state index in [9.17, 15) is 9.59 Å². The SMILES string of the molecule is C=CCC1C2CN(C(=O)OC(C)(C)C)C1(C(=O)OC)CCN2Cc1ccccc1. The van der Waals surface area contributed by atoms with E-state index in [0.717, 1.165) is 6.54 Å². The number of hydrogen-bond acceptors (Lipinski definition) is 5. The molecule has 2 heterocycles. The smallest absolute Gasteiger partial charge is 0.411 e. The second-order valence-electron chi connectivity index (χ2n) is 8.91. The lowest BCUT2D eigenvalue weighted by Crippen LogP contribution is -2.61. The Kier molecular flexibility index (Phi) is 6.03. The molecule has 2 aliphatic heterocycles. The third kappa shape index (κ3) is 4.04. The van der Waals surface area contributed by atoms with Gasteiger partial charge in [-0.25, -0.2) is 9.59 Å². The van der Waals surface area contributed by atoms with Crippen molar-refractivity contribution >= 4 is 12.1 Å². The highest BCUT2D eigenvalue weighted by molar-refractivity contribution is 5.87. The van der Waals surface area contributed by atoms with Crippen LogP contribution in [0.1, 0.15) is 39.2 Å². The number of likely N-dealkylation sites (tertiary alicyclic amines) is 2. The van der Waals surface area contributed by atoms with Crippen molar-refractivity contribution in [3.8, 4) is 0 Å². The molecule has 0 aromatic heterocycles. The van der Waals surface area contributed by atoms with Crippen LogP contribution in [0.25, 0.3) is 0 Å². The molecule has 29 heavy (non-hydrogen) atoms. The van der Waals surface area contributed by atoms with Gasteiger partial charge in [0.25, 0.3) is 0 Å². The van der Waals surface area contributed by atoms with Crippen LogP contribution in [0.4, 0.5) is 4.79 Å². The monoisotopic (exact) mass is 400 g/mol. The number of carbonyl (C=O) groups is 2. The Morgan fingerprint density at radius 2 is 1.97 bits per heavy atom. The lowest BCUT2D eigenvalue weighted by atomic mass is 9.74. The molecule has 6 nitrogen and oxygen atoms in total. The van der Waals surface area contributed by atoms with E-state index in [1.807, 2.05) is 45.0 Å². The van der Waals surface area contributed by atoms with Crippen molar-refractivity contribution < 1.29 is 19.1 Å². The zero-order valence-electron chi connectivity index (χ0n) is 17.9.